The number of hydrogen-bond donors (Lipinski definition) is 0. The van der Waals surface area contributed by atoms with Crippen molar-refractivity contribution in [3.8, 4) is 0 Å². The van der Waals surface area contributed by atoms with Gasteiger partial charge in [-0.3, -0.25) is 9.59 Å². The van der Waals surface area contributed by atoms with Crippen LogP contribution in [0.15, 0.2) is 35.7 Å². The van der Waals surface area contributed by atoms with Gasteiger partial charge in [0.25, 0.3) is 0 Å². The van der Waals surface area contributed by atoms with Gasteiger partial charge in [0.05, 0.1) is 4.90 Å². The predicted octanol–water partition coefficient (Wildman–Crippen LogP) is 1.56. The van der Waals surface area contributed by atoms with Crippen LogP contribution in [0.2, 0.25) is 0 Å². The Hall–Kier alpha value is -2.19. The van der Waals surface area contributed by atoms with Crippen LogP contribution in [0, 0.1) is 19.8 Å². The molecule has 158 valence electrons. The summed E-state index contributed by atoms with van der Waals surface area (Å²) in [6, 6.07) is 5.34. The monoisotopic (exact) mass is 419 g/mol. The van der Waals surface area contributed by atoms with Gasteiger partial charge in [0.2, 0.25) is 21.8 Å². The SMILES string of the molecule is C=CC(=O)N1CCC(C(=O)N2CCN(S(=O)(=O)c3ccc(C)cc3C)CC2)CC1. The second-order valence-electron chi connectivity index (χ2n) is 7.80. The molecule has 0 unspecified atom stereocenters. The smallest absolute Gasteiger partial charge is 0.245 e. The van der Waals surface area contributed by atoms with Crippen molar-refractivity contribution in [2.75, 3.05) is 39.3 Å². The number of amides is 2. The molecule has 1 aromatic carbocycles. The summed E-state index contributed by atoms with van der Waals surface area (Å²) in [7, 11) is -3.56. The zero-order chi connectivity index (χ0) is 21.2. The zero-order valence-electron chi connectivity index (χ0n) is 17.1. The molecule has 2 aliphatic heterocycles. The highest BCUT2D eigenvalue weighted by molar-refractivity contribution is 7.89. The lowest BCUT2D eigenvalue weighted by Crippen LogP contribution is -2.53. The molecule has 3 rings (SSSR count). The van der Waals surface area contributed by atoms with E-state index in [1.54, 1.807) is 15.9 Å². The summed E-state index contributed by atoms with van der Waals surface area (Å²) in [4.78, 5) is 28.4. The molecule has 2 aliphatic rings. The minimum Gasteiger partial charge on any atom is -0.340 e. The first-order chi connectivity index (χ1) is 13.7. The molecule has 0 N–H and O–H groups in total. The lowest BCUT2D eigenvalue weighted by molar-refractivity contribution is -0.140. The van der Waals surface area contributed by atoms with Crippen molar-refractivity contribution in [2.24, 2.45) is 5.92 Å². The van der Waals surface area contributed by atoms with Gasteiger partial charge in [-0.15, -0.1) is 0 Å². The Kier molecular flexibility index (Phi) is 6.43. The second kappa shape index (κ2) is 8.67. The summed E-state index contributed by atoms with van der Waals surface area (Å²) in [5.74, 6) is -0.133. The number of hydrogen-bond acceptors (Lipinski definition) is 4. The highest BCUT2D eigenvalue weighted by Gasteiger charge is 2.34. The number of rotatable bonds is 4. The van der Waals surface area contributed by atoms with E-state index in [4.69, 9.17) is 0 Å². The zero-order valence-corrected chi connectivity index (χ0v) is 18.0. The Labute approximate surface area is 173 Å². The van der Waals surface area contributed by atoms with Crippen LogP contribution in [0.5, 0.6) is 0 Å². The Bertz CT molecular complexity index is 897. The van der Waals surface area contributed by atoms with Crippen molar-refractivity contribution >= 4 is 21.8 Å². The predicted molar refractivity (Wildman–Crippen MR) is 111 cm³/mol. The van der Waals surface area contributed by atoms with Crippen molar-refractivity contribution in [1.82, 2.24) is 14.1 Å². The molecule has 0 radical (unpaired) electrons. The first-order valence-electron chi connectivity index (χ1n) is 10.0. The van der Waals surface area contributed by atoms with Crippen LogP contribution in [0.1, 0.15) is 24.0 Å². The maximum Gasteiger partial charge on any atom is 0.245 e. The number of likely N-dealkylation sites (tertiary alicyclic amines) is 1. The van der Waals surface area contributed by atoms with Gasteiger partial charge in [-0.1, -0.05) is 24.3 Å². The third-order valence-corrected chi connectivity index (χ3v) is 7.89. The largest absolute Gasteiger partial charge is 0.340 e. The van der Waals surface area contributed by atoms with Crippen LogP contribution in [0.3, 0.4) is 0 Å². The van der Waals surface area contributed by atoms with Crippen molar-refractivity contribution in [2.45, 2.75) is 31.6 Å². The molecule has 2 heterocycles. The molecule has 8 heteroatoms. The number of carbonyl (C=O) groups is 2. The number of carbonyl (C=O) groups excluding carboxylic acids is 2. The van der Waals surface area contributed by atoms with Gasteiger partial charge < -0.3 is 9.80 Å². The van der Waals surface area contributed by atoms with Crippen LogP contribution in [0.25, 0.3) is 0 Å². The first-order valence-corrected chi connectivity index (χ1v) is 11.5. The molecule has 2 saturated heterocycles. The quantitative estimate of drug-likeness (QED) is 0.694. The van der Waals surface area contributed by atoms with Gasteiger partial charge in [0, 0.05) is 45.2 Å². The number of aryl methyl sites for hydroxylation is 2. The molecule has 29 heavy (non-hydrogen) atoms. The molecular weight excluding hydrogens is 390 g/mol. The number of benzene rings is 1. The number of piperazine rings is 1. The van der Waals surface area contributed by atoms with E-state index >= 15 is 0 Å². The first kappa shape index (κ1) is 21.5. The summed E-state index contributed by atoms with van der Waals surface area (Å²) >= 11 is 0. The maximum absolute atomic E-state index is 13.0. The molecule has 7 nitrogen and oxygen atoms in total. The molecule has 0 bridgehead atoms. The summed E-state index contributed by atoms with van der Waals surface area (Å²) in [6.07, 6.45) is 2.58. The Balaban J connectivity index is 1.58. The topological polar surface area (TPSA) is 78.0 Å². The average molecular weight is 420 g/mol. The second-order valence-corrected chi connectivity index (χ2v) is 9.71. The molecule has 1 aromatic rings. The van der Waals surface area contributed by atoms with Gasteiger partial charge >= 0.3 is 0 Å². The summed E-state index contributed by atoms with van der Waals surface area (Å²) < 4.78 is 27.5. The van der Waals surface area contributed by atoms with E-state index in [0.29, 0.717) is 57.0 Å². The fraction of sp³-hybridized carbons (Fsp3) is 0.524. The lowest BCUT2D eigenvalue weighted by atomic mass is 9.95. The van der Waals surface area contributed by atoms with E-state index in [2.05, 4.69) is 6.58 Å². The lowest BCUT2D eigenvalue weighted by Gasteiger charge is -2.38. The summed E-state index contributed by atoms with van der Waals surface area (Å²) in [5.41, 5.74) is 1.77. The van der Waals surface area contributed by atoms with Crippen LogP contribution < -0.4 is 0 Å². The van der Waals surface area contributed by atoms with E-state index in [0.717, 1.165) is 11.1 Å². The highest BCUT2D eigenvalue weighted by Crippen LogP contribution is 2.24. The average Bonchev–Trinajstić information content (AvgIpc) is 2.72. The molecule has 2 fully saturated rings. The van der Waals surface area contributed by atoms with Crippen molar-refractivity contribution in [3.05, 3.63) is 42.0 Å². The van der Waals surface area contributed by atoms with E-state index < -0.39 is 10.0 Å². The van der Waals surface area contributed by atoms with Crippen molar-refractivity contribution in [1.29, 1.82) is 0 Å². The molecule has 0 saturated carbocycles. The van der Waals surface area contributed by atoms with Gasteiger partial charge in [-0.05, 0) is 44.4 Å². The molecule has 0 spiro atoms. The normalized spacial score (nSPS) is 19.2. The molecule has 2 amide bonds. The maximum atomic E-state index is 13.0. The summed E-state index contributed by atoms with van der Waals surface area (Å²) in [5, 5.41) is 0. The van der Waals surface area contributed by atoms with Crippen LogP contribution >= 0.6 is 0 Å². The van der Waals surface area contributed by atoms with E-state index in [-0.39, 0.29) is 17.7 Å². The number of nitrogens with zero attached hydrogens (tertiary/aromatic N) is 3. The van der Waals surface area contributed by atoms with E-state index in [1.165, 1.54) is 10.4 Å². The van der Waals surface area contributed by atoms with E-state index in [1.807, 2.05) is 26.0 Å². The van der Waals surface area contributed by atoms with Crippen molar-refractivity contribution in [3.63, 3.8) is 0 Å². The summed E-state index contributed by atoms with van der Waals surface area (Å²) in [6.45, 7) is 9.76. The Morgan fingerprint density at radius 1 is 1.00 bits per heavy atom. The molecule has 0 atom stereocenters. The Morgan fingerprint density at radius 2 is 1.62 bits per heavy atom. The fourth-order valence-electron chi connectivity index (χ4n) is 4.11. The van der Waals surface area contributed by atoms with Crippen molar-refractivity contribution < 1.29 is 18.0 Å². The van der Waals surface area contributed by atoms with Crippen LogP contribution in [0.4, 0.5) is 0 Å². The molecule has 0 aromatic heterocycles. The third kappa shape index (κ3) is 4.53. The van der Waals surface area contributed by atoms with Gasteiger partial charge in [-0.2, -0.15) is 4.31 Å². The minimum atomic E-state index is -3.56. The van der Waals surface area contributed by atoms with Crippen LogP contribution in [-0.2, 0) is 19.6 Å². The molecular formula is C21H29N3O4S. The van der Waals surface area contributed by atoms with E-state index in [9.17, 15) is 18.0 Å². The number of piperidine rings is 1. The van der Waals surface area contributed by atoms with Gasteiger partial charge in [-0.25, -0.2) is 8.42 Å². The Morgan fingerprint density at radius 3 is 2.17 bits per heavy atom. The van der Waals surface area contributed by atoms with Crippen LogP contribution in [-0.4, -0.2) is 73.6 Å². The standard InChI is InChI=1S/C21H29N3O4S/c1-4-20(25)22-9-7-18(8-10-22)21(26)23-11-13-24(14-12-23)29(27,28)19-6-5-16(2)15-17(19)3/h4-6,15,18H,1,7-14H2,2-3H3. The number of sulfonamides is 1. The fourth-order valence-corrected chi connectivity index (χ4v) is 5.74. The van der Waals surface area contributed by atoms with Gasteiger partial charge in [0.1, 0.15) is 0 Å². The van der Waals surface area contributed by atoms with Gasteiger partial charge in [0.15, 0.2) is 0 Å². The molecule has 0 aliphatic carbocycles. The highest BCUT2D eigenvalue weighted by atomic mass is 32.2. The third-order valence-electron chi connectivity index (χ3n) is 5.83. The minimum absolute atomic E-state index is 0.0688.